The van der Waals surface area contributed by atoms with E-state index in [2.05, 4.69) is 72.9 Å². The van der Waals surface area contributed by atoms with Crippen molar-refractivity contribution in [3.05, 3.63) is 81.6 Å². The third kappa shape index (κ3) is 5.13. The van der Waals surface area contributed by atoms with Crippen LogP contribution < -0.4 is 4.74 Å². The largest absolute Gasteiger partial charge is 0.490 e. The molecule has 0 amide bonds. The summed E-state index contributed by atoms with van der Waals surface area (Å²) in [6.45, 7) is 11.0. The van der Waals surface area contributed by atoms with Gasteiger partial charge in [0.15, 0.2) is 0 Å². The second-order valence-electron chi connectivity index (χ2n) is 9.00. The summed E-state index contributed by atoms with van der Waals surface area (Å²) >= 11 is 1.81. The average molecular weight is 448 g/mol. The Hall–Kier alpha value is -2.85. The minimum absolute atomic E-state index is 0. The van der Waals surface area contributed by atoms with E-state index in [0.717, 1.165) is 28.2 Å². The SMILES string of the molecule is C.CC(C)c1sccc1/C=C/COc1ccc2c(c1)/C(=N\OC(C)(C)C)c1ccccc1-2. The third-order valence-electron chi connectivity index (χ3n) is 5.02. The van der Waals surface area contributed by atoms with Gasteiger partial charge >= 0.3 is 0 Å². The van der Waals surface area contributed by atoms with Gasteiger partial charge in [-0.15, -0.1) is 11.3 Å². The molecule has 0 spiro atoms. The molecule has 1 aliphatic rings. The Morgan fingerprint density at radius 1 is 0.969 bits per heavy atom. The second kappa shape index (κ2) is 9.74. The van der Waals surface area contributed by atoms with Crippen molar-refractivity contribution in [1.29, 1.82) is 0 Å². The maximum Gasteiger partial charge on any atom is 0.129 e. The van der Waals surface area contributed by atoms with Crippen LogP contribution in [0.1, 0.15) is 69.5 Å². The van der Waals surface area contributed by atoms with Crippen molar-refractivity contribution in [3.63, 3.8) is 0 Å². The highest BCUT2D eigenvalue weighted by Crippen LogP contribution is 2.39. The van der Waals surface area contributed by atoms with E-state index < -0.39 is 0 Å². The molecule has 0 N–H and O–H groups in total. The molecule has 0 fully saturated rings. The van der Waals surface area contributed by atoms with Gasteiger partial charge in [0.05, 0.1) is 0 Å². The van der Waals surface area contributed by atoms with Crippen LogP contribution in [0.4, 0.5) is 0 Å². The summed E-state index contributed by atoms with van der Waals surface area (Å²) in [5, 5.41) is 6.67. The Balaban J connectivity index is 0.00000289. The zero-order valence-electron chi connectivity index (χ0n) is 18.8. The van der Waals surface area contributed by atoms with E-state index in [1.807, 2.05) is 44.2 Å². The lowest BCUT2D eigenvalue weighted by Crippen LogP contribution is -2.17. The Morgan fingerprint density at radius 3 is 2.41 bits per heavy atom. The first kappa shape index (κ1) is 23.8. The van der Waals surface area contributed by atoms with Crippen LogP contribution >= 0.6 is 11.3 Å². The van der Waals surface area contributed by atoms with E-state index in [9.17, 15) is 0 Å². The van der Waals surface area contributed by atoms with Crippen molar-refractivity contribution >= 4 is 23.1 Å². The molecular weight excluding hydrogens is 414 g/mol. The Bertz CT molecular complexity index is 1130. The number of hydrogen-bond acceptors (Lipinski definition) is 4. The molecule has 4 heteroatoms. The molecule has 0 saturated carbocycles. The molecule has 3 aromatic rings. The van der Waals surface area contributed by atoms with Gasteiger partial charge in [0.2, 0.25) is 0 Å². The minimum atomic E-state index is -0.347. The first-order chi connectivity index (χ1) is 14.8. The zero-order valence-corrected chi connectivity index (χ0v) is 19.6. The normalized spacial score (nSPS) is 13.9. The van der Waals surface area contributed by atoms with Crippen molar-refractivity contribution < 1.29 is 9.57 Å². The predicted octanol–water partition coefficient (Wildman–Crippen LogP) is 8.15. The van der Waals surface area contributed by atoms with Crippen molar-refractivity contribution in [3.8, 4) is 16.9 Å². The van der Waals surface area contributed by atoms with E-state index in [1.165, 1.54) is 16.0 Å². The Labute approximate surface area is 196 Å². The predicted molar refractivity (Wildman–Crippen MR) is 138 cm³/mol. The number of thiophene rings is 1. The summed E-state index contributed by atoms with van der Waals surface area (Å²) < 4.78 is 6.04. The Kier molecular flexibility index (Phi) is 7.25. The molecule has 32 heavy (non-hydrogen) atoms. The lowest BCUT2D eigenvalue weighted by Gasteiger charge is -2.16. The fourth-order valence-electron chi connectivity index (χ4n) is 3.65. The molecule has 4 rings (SSSR count). The lowest BCUT2D eigenvalue weighted by atomic mass is 10.1. The molecule has 168 valence electrons. The molecule has 0 saturated heterocycles. The standard InChI is InChI=1S/C27H29NO2S.CH4/c1-18(2)26-19(14-16-31-26)9-8-15-29-20-12-13-22-21-10-6-7-11-23(21)25(24(22)17-20)28-30-27(3,4)5;/h6-14,16-18H,15H2,1-5H3;1H4/b9-8+,28-25-;. The number of oxime groups is 1. The first-order valence-corrected chi connectivity index (χ1v) is 11.6. The number of fused-ring (bicyclic) bond motifs is 3. The van der Waals surface area contributed by atoms with Crippen molar-refractivity contribution in [2.24, 2.45) is 5.16 Å². The molecule has 2 aromatic carbocycles. The summed E-state index contributed by atoms with van der Waals surface area (Å²) in [6.07, 6.45) is 4.23. The van der Waals surface area contributed by atoms with E-state index in [4.69, 9.17) is 9.57 Å². The summed E-state index contributed by atoms with van der Waals surface area (Å²) in [5.41, 5.74) is 6.28. The van der Waals surface area contributed by atoms with Crippen LogP contribution in [-0.4, -0.2) is 17.9 Å². The van der Waals surface area contributed by atoms with Crippen molar-refractivity contribution in [2.45, 2.75) is 53.6 Å². The average Bonchev–Trinajstić information content (AvgIpc) is 3.31. The van der Waals surface area contributed by atoms with E-state index in [1.54, 1.807) is 0 Å². The molecule has 0 radical (unpaired) electrons. The van der Waals surface area contributed by atoms with Crippen LogP contribution in [0.25, 0.3) is 17.2 Å². The van der Waals surface area contributed by atoms with Crippen LogP contribution in [0, 0.1) is 0 Å². The zero-order chi connectivity index (χ0) is 22.0. The van der Waals surface area contributed by atoms with Crippen molar-refractivity contribution in [2.75, 3.05) is 6.61 Å². The van der Waals surface area contributed by atoms with Gasteiger partial charge in [-0.3, -0.25) is 0 Å². The number of nitrogens with zero attached hydrogens (tertiary/aromatic N) is 1. The highest BCUT2D eigenvalue weighted by atomic mass is 32.1. The molecule has 1 heterocycles. The summed E-state index contributed by atoms with van der Waals surface area (Å²) in [7, 11) is 0. The number of hydrogen-bond donors (Lipinski definition) is 0. The molecule has 1 aliphatic carbocycles. The van der Waals surface area contributed by atoms with Gasteiger partial charge in [-0.1, -0.05) is 56.8 Å². The molecule has 0 unspecified atom stereocenters. The molecule has 0 atom stereocenters. The van der Waals surface area contributed by atoms with Crippen LogP contribution in [-0.2, 0) is 4.84 Å². The summed E-state index contributed by atoms with van der Waals surface area (Å²) in [5.74, 6) is 1.36. The maximum absolute atomic E-state index is 6.04. The topological polar surface area (TPSA) is 30.8 Å². The van der Waals surface area contributed by atoms with Crippen LogP contribution in [0.3, 0.4) is 0 Å². The minimum Gasteiger partial charge on any atom is -0.490 e. The van der Waals surface area contributed by atoms with Gasteiger partial charge in [-0.25, -0.2) is 0 Å². The Morgan fingerprint density at radius 2 is 1.69 bits per heavy atom. The first-order valence-electron chi connectivity index (χ1n) is 10.7. The number of benzene rings is 2. The lowest BCUT2D eigenvalue weighted by molar-refractivity contribution is 0.00121. The maximum atomic E-state index is 6.04. The van der Waals surface area contributed by atoms with E-state index in [-0.39, 0.29) is 13.0 Å². The highest BCUT2D eigenvalue weighted by Gasteiger charge is 2.26. The molecule has 1 aromatic heterocycles. The molecule has 0 aliphatic heterocycles. The van der Waals surface area contributed by atoms with Crippen LogP contribution in [0.2, 0.25) is 0 Å². The fourth-order valence-corrected chi connectivity index (χ4v) is 4.56. The quantitative estimate of drug-likeness (QED) is 0.279. The van der Waals surface area contributed by atoms with Gasteiger partial charge in [-0.2, -0.15) is 0 Å². The molecule has 0 bridgehead atoms. The molecule has 3 nitrogen and oxygen atoms in total. The van der Waals surface area contributed by atoms with Gasteiger partial charge in [0.1, 0.15) is 23.7 Å². The van der Waals surface area contributed by atoms with Gasteiger partial charge < -0.3 is 9.57 Å². The third-order valence-corrected chi connectivity index (χ3v) is 6.26. The van der Waals surface area contributed by atoms with Gasteiger partial charge in [-0.05, 0) is 79.1 Å². The van der Waals surface area contributed by atoms with E-state index in [0.29, 0.717) is 12.5 Å². The van der Waals surface area contributed by atoms with Crippen molar-refractivity contribution in [1.82, 2.24) is 0 Å². The summed E-state index contributed by atoms with van der Waals surface area (Å²) in [4.78, 5) is 7.18. The fraction of sp³-hybridized carbons (Fsp3) is 0.321. The second-order valence-corrected chi connectivity index (χ2v) is 9.95. The smallest absolute Gasteiger partial charge is 0.129 e. The van der Waals surface area contributed by atoms with Gasteiger partial charge in [0.25, 0.3) is 0 Å². The number of rotatable bonds is 6. The van der Waals surface area contributed by atoms with Crippen LogP contribution in [0.15, 0.2) is 65.1 Å². The molecular formula is C28H33NO2S. The van der Waals surface area contributed by atoms with Crippen LogP contribution in [0.5, 0.6) is 5.75 Å². The highest BCUT2D eigenvalue weighted by molar-refractivity contribution is 7.10. The summed E-state index contributed by atoms with van der Waals surface area (Å²) in [6, 6.07) is 16.7. The van der Waals surface area contributed by atoms with Gasteiger partial charge in [0, 0.05) is 16.0 Å². The number of ether oxygens (including phenoxy) is 1. The monoisotopic (exact) mass is 447 g/mol. The van der Waals surface area contributed by atoms with E-state index >= 15 is 0 Å².